The Hall–Kier alpha value is -3.12. The number of para-hydroxylation sites is 1. The average Bonchev–Trinajstić information content (AvgIpc) is 3.18. The largest absolute Gasteiger partial charge is 0.457 e. The van der Waals surface area contributed by atoms with E-state index in [0.717, 1.165) is 11.1 Å². The molecule has 0 saturated heterocycles. The van der Waals surface area contributed by atoms with E-state index in [0.29, 0.717) is 18.7 Å². The summed E-state index contributed by atoms with van der Waals surface area (Å²) in [6.07, 6.45) is 0.675. The highest BCUT2D eigenvalue weighted by atomic mass is 32.2. The van der Waals surface area contributed by atoms with E-state index in [1.165, 1.54) is 16.4 Å². The van der Waals surface area contributed by atoms with Crippen LogP contribution in [0.25, 0.3) is 0 Å². The number of esters is 1. The maximum atomic E-state index is 13.1. The number of nitrogens with zero attached hydrogens (tertiary/aromatic N) is 1. The van der Waals surface area contributed by atoms with Gasteiger partial charge >= 0.3 is 5.97 Å². The molecule has 0 aromatic heterocycles. The molecule has 0 aliphatic carbocycles. The number of hydrogen-bond acceptors (Lipinski definition) is 4. The molecule has 0 saturated carbocycles. The maximum Gasteiger partial charge on any atom is 0.338 e. The third-order valence-corrected chi connectivity index (χ3v) is 6.52. The van der Waals surface area contributed by atoms with Gasteiger partial charge in [-0.2, -0.15) is 0 Å². The van der Waals surface area contributed by atoms with Crippen LogP contribution in [0, 0.1) is 0 Å². The summed E-state index contributed by atoms with van der Waals surface area (Å²) in [5.41, 5.74) is 2.78. The van der Waals surface area contributed by atoms with Gasteiger partial charge in [-0.05, 0) is 41.8 Å². The molecule has 3 aromatic carbocycles. The van der Waals surface area contributed by atoms with Crippen LogP contribution in [0.15, 0.2) is 83.8 Å². The Morgan fingerprint density at radius 1 is 0.929 bits per heavy atom. The van der Waals surface area contributed by atoms with Crippen LogP contribution < -0.4 is 4.31 Å². The Balaban J connectivity index is 1.56. The van der Waals surface area contributed by atoms with Crippen molar-refractivity contribution >= 4 is 21.7 Å². The maximum absolute atomic E-state index is 13.1. The molecule has 0 amide bonds. The van der Waals surface area contributed by atoms with Crippen LogP contribution in [0.4, 0.5) is 5.69 Å². The molecule has 3 aromatic rings. The van der Waals surface area contributed by atoms with Crippen molar-refractivity contribution in [2.24, 2.45) is 0 Å². The molecule has 6 heteroatoms. The van der Waals surface area contributed by atoms with Crippen LogP contribution in [0.5, 0.6) is 0 Å². The third-order valence-electron chi connectivity index (χ3n) is 4.72. The lowest BCUT2D eigenvalue weighted by Crippen LogP contribution is -2.29. The van der Waals surface area contributed by atoms with Gasteiger partial charge in [0.15, 0.2) is 0 Å². The third kappa shape index (κ3) is 3.51. The molecule has 0 unspecified atom stereocenters. The highest BCUT2D eigenvalue weighted by Gasteiger charge is 2.31. The second kappa shape index (κ2) is 7.48. The van der Waals surface area contributed by atoms with E-state index in [4.69, 9.17) is 4.74 Å². The van der Waals surface area contributed by atoms with Crippen LogP contribution >= 0.6 is 0 Å². The van der Waals surface area contributed by atoms with E-state index >= 15 is 0 Å². The van der Waals surface area contributed by atoms with E-state index in [1.54, 1.807) is 18.2 Å². The summed E-state index contributed by atoms with van der Waals surface area (Å²) in [6.45, 7) is 0.528. The minimum absolute atomic E-state index is 0.0818. The Bertz CT molecular complexity index is 1110. The predicted molar refractivity (Wildman–Crippen MR) is 107 cm³/mol. The predicted octanol–water partition coefficient (Wildman–Crippen LogP) is 3.80. The zero-order valence-electron chi connectivity index (χ0n) is 15.1. The van der Waals surface area contributed by atoms with Gasteiger partial charge in [0, 0.05) is 6.54 Å². The van der Waals surface area contributed by atoms with Crippen LogP contribution in [0.2, 0.25) is 0 Å². The van der Waals surface area contributed by atoms with Crippen molar-refractivity contribution in [2.45, 2.75) is 17.9 Å². The first-order chi connectivity index (χ1) is 13.6. The lowest BCUT2D eigenvalue weighted by molar-refractivity contribution is 0.0472. The number of rotatable bonds is 5. The smallest absolute Gasteiger partial charge is 0.338 e. The summed E-state index contributed by atoms with van der Waals surface area (Å²) >= 11 is 0. The molecule has 0 fully saturated rings. The number of ether oxygens (including phenoxy) is 1. The number of hydrogen-bond donors (Lipinski definition) is 0. The zero-order chi connectivity index (χ0) is 19.6. The number of carbonyl (C=O) groups excluding carboxylic acids is 1. The molecule has 142 valence electrons. The first-order valence-electron chi connectivity index (χ1n) is 8.97. The van der Waals surface area contributed by atoms with Crippen LogP contribution in [-0.2, 0) is 27.8 Å². The number of sulfonamides is 1. The van der Waals surface area contributed by atoms with Gasteiger partial charge in [-0.3, -0.25) is 4.31 Å². The van der Waals surface area contributed by atoms with Crippen molar-refractivity contribution in [3.05, 3.63) is 95.6 Å². The fraction of sp³-hybridized carbons (Fsp3) is 0.136. The lowest BCUT2D eigenvalue weighted by atomic mass is 10.2. The molecule has 1 aliphatic rings. The lowest BCUT2D eigenvalue weighted by Gasteiger charge is -2.19. The van der Waals surface area contributed by atoms with E-state index < -0.39 is 16.0 Å². The fourth-order valence-electron chi connectivity index (χ4n) is 3.27. The molecule has 0 atom stereocenters. The number of fused-ring (bicyclic) bond motifs is 1. The monoisotopic (exact) mass is 393 g/mol. The molecular formula is C22H19NO4S. The summed E-state index contributed by atoms with van der Waals surface area (Å²) in [4.78, 5) is 12.5. The zero-order valence-corrected chi connectivity index (χ0v) is 15.9. The van der Waals surface area contributed by atoms with Crippen molar-refractivity contribution in [2.75, 3.05) is 10.8 Å². The molecule has 0 radical (unpaired) electrons. The second-order valence-electron chi connectivity index (χ2n) is 6.55. The standard InChI is InChI=1S/C22H19NO4S/c24-22(27-16-17-7-2-1-3-8-17)19-10-6-11-20(15-19)28(25,26)23-14-13-18-9-4-5-12-21(18)23/h1-12,15H,13-14,16H2. The molecule has 0 spiro atoms. The second-order valence-corrected chi connectivity index (χ2v) is 8.41. The van der Waals surface area contributed by atoms with Crippen molar-refractivity contribution in [1.82, 2.24) is 0 Å². The topological polar surface area (TPSA) is 63.7 Å². The van der Waals surface area contributed by atoms with E-state index in [9.17, 15) is 13.2 Å². The Kier molecular flexibility index (Phi) is 4.88. The number of anilines is 1. The van der Waals surface area contributed by atoms with Gasteiger partial charge in [-0.25, -0.2) is 13.2 Å². The summed E-state index contributed by atoms with van der Waals surface area (Å²) in [6, 6.07) is 22.8. The summed E-state index contributed by atoms with van der Waals surface area (Å²) in [7, 11) is -3.75. The highest BCUT2D eigenvalue weighted by Crippen LogP contribution is 2.32. The Morgan fingerprint density at radius 3 is 2.50 bits per heavy atom. The normalized spacial score (nSPS) is 13.2. The van der Waals surface area contributed by atoms with Gasteiger partial charge in [0.1, 0.15) is 6.61 Å². The summed E-state index contributed by atoms with van der Waals surface area (Å²) in [5, 5.41) is 0. The van der Waals surface area contributed by atoms with Crippen LogP contribution in [-0.4, -0.2) is 20.9 Å². The molecule has 28 heavy (non-hydrogen) atoms. The van der Waals surface area contributed by atoms with Crippen LogP contribution in [0.3, 0.4) is 0 Å². The van der Waals surface area contributed by atoms with Gasteiger partial charge in [0.25, 0.3) is 10.0 Å². The number of benzene rings is 3. The van der Waals surface area contributed by atoms with E-state index in [2.05, 4.69) is 0 Å². The van der Waals surface area contributed by atoms with E-state index in [1.807, 2.05) is 48.5 Å². The molecule has 0 bridgehead atoms. The van der Waals surface area contributed by atoms with Gasteiger partial charge in [0.2, 0.25) is 0 Å². The van der Waals surface area contributed by atoms with Crippen molar-refractivity contribution in [3.63, 3.8) is 0 Å². The highest BCUT2D eigenvalue weighted by molar-refractivity contribution is 7.92. The Labute approximate surface area is 164 Å². The first kappa shape index (κ1) is 18.3. The number of carbonyl (C=O) groups is 1. The minimum Gasteiger partial charge on any atom is -0.457 e. The molecule has 0 N–H and O–H groups in total. The summed E-state index contributed by atoms with van der Waals surface area (Å²) in [5.74, 6) is -0.553. The molecular weight excluding hydrogens is 374 g/mol. The van der Waals surface area contributed by atoms with Gasteiger partial charge in [-0.1, -0.05) is 54.6 Å². The van der Waals surface area contributed by atoms with Gasteiger partial charge in [-0.15, -0.1) is 0 Å². The molecule has 4 rings (SSSR count). The van der Waals surface area contributed by atoms with Gasteiger partial charge in [0.05, 0.1) is 16.1 Å². The minimum atomic E-state index is -3.75. The molecule has 1 aliphatic heterocycles. The molecule has 5 nitrogen and oxygen atoms in total. The molecule has 1 heterocycles. The van der Waals surface area contributed by atoms with Crippen molar-refractivity contribution in [1.29, 1.82) is 0 Å². The average molecular weight is 393 g/mol. The SMILES string of the molecule is O=C(OCc1ccccc1)c1cccc(S(=O)(=O)N2CCc3ccccc32)c1. The van der Waals surface area contributed by atoms with E-state index in [-0.39, 0.29) is 17.1 Å². The quantitative estimate of drug-likeness (QED) is 0.619. The summed E-state index contributed by atoms with van der Waals surface area (Å²) < 4.78 is 33.0. The van der Waals surface area contributed by atoms with Crippen LogP contribution in [0.1, 0.15) is 21.5 Å². The van der Waals surface area contributed by atoms with Crippen molar-refractivity contribution in [3.8, 4) is 0 Å². The Morgan fingerprint density at radius 2 is 1.68 bits per heavy atom. The fourth-order valence-corrected chi connectivity index (χ4v) is 4.82. The van der Waals surface area contributed by atoms with Gasteiger partial charge < -0.3 is 4.74 Å². The first-order valence-corrected chi connectivity index (χ1v) is 10.4. The van der Waals surface area contributed by atoms with Crippen molar-refractivity contribution < 1.29 is 17.9 Å².